The molecule has 3 rings (SSSR count). The third-order valence-corrected chi connectivity index (χ3v) is 8.36. The molecule has 23 heavy (non-hydrogen) atoms. The van der Waals surface area contributed by atoms with Crippen molar-refractivity contribution < 1.29 is 13.0 Å². The molecule has 2 aliphatic rings. The molecule has 0 radical (unpaired) electrons. The average Bonchev–Trinajstić information content (AvgIpc) is 2.55. The van der Waals surface area contributed by atoms with Gasteiger partial charge in [-0.05, 0) is 61.0 Å². The summed E-state index contributed by atoms with van der Waals surface area (Å²) in [5, 5.41) is 0. The predicted molar refractivity (Wildman–Crippen MR) is 96.4 cm³/mol. The second kappa shape index (κ2) is 7.63. The summed E-state index contributed by atoms with van der Waals surface area (Å²) in [6.07, 6.45) is 11.5. The summed E-state index contributed by atoms with van der Waals surface area (Å²) >= 11 is 0. The Morgan fingerprint density at radius 1 is 0.913 bits per heavy atom. The van der Waals surface area contributed by atoms with Gasteiger partial charge >= 0.3 is 0 Å². The highest BCUT2D eigenvalue weighted by Gasteiger charge is 2.29. The van der Waals surface area contributed by atoms with Gasteiger partial charge in [0.15, 0.2) is 0 Å². The molecule has 1 aromatic carbocycles. The highest BCUT2D eigenvalue weighted by atomic mass is 32.2. The second-order valence-corrected chi connectivity index (χ2v) is 10.4. The summed E-state index contributed by atoms with van der Waals surface area (Å²) < 4.78 is 32.8. The first-order chi connectivity index (χ1) is 11.0. The lowest BCUT2D eigenvalue weighted by atomic mass is 9.84. The van der Waals surface area contributed by atoms with Crippen molar-refractivity contribution in [2.75, 3.05) is 0 Å². The van der Waals surface area contributed by atoms with E-state index in [4.69, 9.17) is 0 Å². The van der Waals surface area contributed by atoms with Gasteiger partial charge in [0.1, 0.15) is 0 Å². The molecule has 3 unspecified atom stereocenters. The monoisotopic (exact) mass is 354 g/mol. The van der Waals surface area contributed by atoms with Gasteiger partial charge in [-0.1, -0.05) is 43.9 Å². The molecule has 128 valence electrons. The largest absolute Gasteiger partial charge is 0.294 e. The van der Waals surface area contributed by atoms with Crippen molar-refractivity contribution in [1.29, 1.82) is 0 Å². The van der Waals surface area contributed by atoms with Gasteiger partial charge in [0.05, 0.1) is 4.90 Å². The van der Waals surface area contributed by atoms with Crippen LogP contribution in [0.5, 0.6) is 0 Å². The van der Waals surface area contributed by atoms with Gasteiger partial charge in [-0.15, -0.1) is 8.58 Å². The Bertz CT molecular complexity index is 623. The lowest BCUT2D eigenvalue weighted by Crippen LogP contribution is -2.20. The third kappa shape index (κ3) is 4.55. The maximum Gasteiger partial charge on any atom is 0.294 e. The predicted octanol–water partition coefficient (Wildman–Crippen LogP) is 4.97. The number of hydrogen-bond acceptors (Lipinski definition) is 2. The van der Waals surface area contributed by atoms with E-state index in [0.29, 0.717) is 0 Å². The maximum atomic E-state index is 11.7. The fraction of sp³-hybridized carbons (Fsp3) is 0.667. The Hall–Kier alpha value is -0.440. The van der Waals surface area contributed by atoms with E-state index in [1.807, 2.05) is 12.1 Å². The lowest BCUT2D eigenvalue weighted by Gasteiger charge is -2.33. The van der Waals surface area contributed by atoms with Crippen LogP contribution < -0.4 is 0 Å². The Morgan fingerprint density at radius 3 is 2.35 bits per heavy atom. The summed E-state index contributed by atoms with van der Waals surface area (Å²) in [6.45, 7) is 0. The van der Waals surface area contributed by atoms with E-state index in [1.54, 1.807) is 6.07 Å². The van der Waals surface area contributed by atoms with E-state index in [9.17, 15) is 13.0 Å². The minimum Gasteiger partial charge on any atom is -0.282 e. The standard InChI is InChI=1S/C18H27O3PS/c19-23(20,21)18-12-5-4-11-17(18)14-7-6-10-16(13-14)22-15-8-2-1-3-9-15/h4-5,11-12,14-16,22H,1-3,6-10,13H2,(H,19,20,21). The molecule has 1 N–H and O–H groups in total. The molecule has 0 heterocycles. The molecule has 0 aliphatic heterocycles. The molecular formula is C18H27O3PS. The molecule has 3 nitrogen and oxygen atoms in total. The van der Waals surface area contributed by atoms with E-state index < -0.39 is 10.1 Å². The fourth-order valence-corrected chi connectivity index (χ4v) is 7.26. The van der Waals surface area contributed by atoms with Crippen molar-refractivity contribution >= 4 is 18.7 Å². The van der Waals surface area contributed by atoms with E-state index in [0.717, 1.165) is 38.3 Å². The van der Waals surface area contributed by atoms with Gasteiger partial charge < -0.3 is 0 Å². The van der Waals surface area contributed by atoms with Crippen LogP contribution in [-0.2, 0) is 10.1 Å². The summed E-state index contributed by atoms with van der Waals surface area (Å²) in [6, 6.07) is 7.01. The van der Waals surface area contributed by atoms with Crippen LogP contribution in [0.4, 0.5) is 0 Å². The van der Waals surface area contributed by atoms with Crippen molar-refractivity contribution in [1.82, 2.24) is 0 Å². The van der Waals surface area contributed by atoms with Crippen LogP contribution in [0.3, 0.4) is 0 Å². The number of rotatable bonds is 4. The first kappa shape index (κ1) is 17.4. The molecule has 3 atom stereocenters. The average molecular weight is 354 g/mol. The Labute approximate surface area is 141 Å². The normalized spacial score (nSPS) is 27.5. The summed E-state index contributed by atoms with van der Waals surface area (Å²) in [5.41, 5.74) is 2.48. The zero-order chi connectivity index (χ0) is 16.3. The molecule has 2 aliphatic carbocycles. The quantitative estimate of drug-likeness (QED) is 0.613. The Morgan fingerprint density at radius 2 is 1.61 bits per heavy atom. The van der Waals surface area contributed by atoms with Crippen molar-refractivity contribution in [3.05, 3.63) is 29.8 Å². The molecule has 5 heteroatoms. The topological polar surface area (TPSA) is 54.4 Å². The molecule has 1 aromatic rings. The molecular weight excluding hydrogens is 327 g/mol. The maximum absolute atomic E-state index is 11.7. The van der Waals surface area contributed by atoms with E-state index >= 15 is 0 Å². The smallest absolute Gasteiger partial charge is 0.282 e. The summed E-state index contributed by atoms with van der Waals surface area (Å²) in [5.74, 6) is 0.281. The van der Waals surface area contributed by atoms with Crippen molar-refractivity contribution in [3.63, 3.8) is 0 Å². The summed E-state index contributed by atoms with van der Waals surface area (Å²) in [7, 11) is -3.09. The van der Waals surface area contributed by atoms with Crippen molar-refractivity contribution in [2.45, 2.75) is 79.9 Å². The summed E-state index contributed by atoms with van der Waals surface area (Å²) in [4.78, 5) is 0.117. The van der Waals surface area contributed by atoms with Gasteiger partial charge in [0.2, 0.25) is 0 Å². The van der Waals surface area contributed by atoms with Crippen LogP contribution in [-0.4, -0.2) is 24.3 Å². The SMILES string of the molecule is O=S(=O)(O)c1ccccc1C1CCCC(PC2CCCCC2)C1. The van der Waals surface area contributed by atoms with Crippen LogP contribution in [0, 0.1) is 0 Å². The lowest BCUT2D eigenvalue weighted by molar-refractivity contribution is 0.436. The molecule has 0 aromatic heterocycles. The Balaban J connectivity index is 1.71. The number of hydrogen-bond donors (Lipinski definition) is 1. The zero-order valence-corrected chi connectivity index (χ0v) is 15.4. The van der Waals surface area contributed by atoms with Gasteiger partial charge in [-0.3, -0.25) is 4.55 Å². The first-order valence-corrected chi connectivity index (χ1v) is 11.5. The molecule has 2 fully saturated rings. The van der Waals surface area contributed by atoms with Crippen LogP contribution in [0.15, 0.2) is 29.2 Å². The van der Waals surface area contributed by atoms with E-state index in [1.165, 1.54) is 51.0 Å². The molecule has 0 bridgehead atoms. The highest BCUT2D eigenvalue weighted by Crippen LogP contribution is 2.46. The molecule has 0 amide bonds. The molecule has 0 saturated heterocycles. The minimum absolute atomic E-state index is 0.117. The second-order valence-electron chi connectivity index (χ2n) is 7.07. The fourth-order valence-electron chi connectivity index (χ4n) is 4.28. The van der Waals surface area contributed by atoms with Gasteiger partial charge in [-0.2, -0.15) is 8.42 Å². The Kier molecular flexibility index (Phi) is 5.77. The zero-order valence-electron chi connectivity index (χ0n) is 13.6. The van der Waals surface area contributed by atoms with Crippen LogP contribution in [0.1, 0.15) is 69.3 Å². The van der Waals surface area contributed by atoms with Gasteiger partial charge in [-0.25, -0.2) is 0 Å². The van der Waals surface area contributed by atoms with E-state index in [-0.39, 0.29) is 10.8 Å². The number of benzene rings is 1. The van der Waals surface area contributed by atoms with Crippen LogP contribution in [0.2, 0.25) is 0 Å². The van der Waals surface area contributed by atoms with Crippen LogP contribution >= 0.6 is 8.58 Å². The minimum atomic E-state index is -4.13. The van der Waals surface area contributed by atoms with Gasteiger partial charge in [0, 0.05) is 0 Å². The third-order valence-electron chi connectivity index (χ3n) is 5.39. The first-order valence-electron chi connectivity index (χ1n) is 8.86. The van der Waals surface area contributed by atoms with E-state index in [2.05, 4.69) is 0 Å². The van der Waals surface area contributed by atoms with Crippen LogP contribution in [0.25, 0.3) is 0 Å². The highest BCUT2D eigenvalue weighted by molar-refractivity contribution is 7.85. The molecule has 2 saturated carbocycles. The van der Waals surface area contributed by atoms with Crippen molar-refractivity contribution in [2.24, 2.45) is 0 Å². The molecule has 0 spiro atoms. The van der Waals surface area contributed by atoms with Gasteiger partial charge in [0.25, 0.3) is 10.1 Å². The van der Waals surface area contributed by atoms with Crippen molar-refractivity contribution in [3.8, 4) is 0 Å².